The third kappa shape index (κ3) is 3.74. The van der Waals surface area contributed by atoms with E-state index < -0.39 is 74.3 Å². The van der Waals surface area contributed by atoms with E-state index in [1.165, 1.54) is 7.11 Å². The van der Waals surface area contributed by atoms with Crippen LogP contribution in [0.3, 0.4) is 0 Å². The van der Waals surface area contributed by atoms with Gasteiger partial charge >= 0.3 is 0 Å². The molecule has 24 heavy (non-hydrogen) atoms. The zero-order valence-electron chi connectivity index (χ0n) is 14.1. The average molecular weight is 352 g/mol. The molecule has 2 rings (SSSR count). The number of hydrogen-bond acceptors (Lipinski definition) is 9. The van der Waals surface area contributed by atoms with Crippen LogP contribution < -0.4 is 0 Å². The predicted molar refractivity (Wildman–Crippen MR) is 79.7 cm³/mol. The molecule has 0 bridgehead atoms. The maximum Gasteiger partial charge on any atom is 0.184 e. The minimum Gasteiger partial charge on any atom is -0.394 e. The zero-order chi connectivity index (χ0) is 18.0. The Morgan fingerprint density at radius 3 is 1.92 bits per heavy atom. The van der Waals surface area contributed by atoms with Crippen molar-refractivity contribution in [3.8, 4) is 0 Å². The first-order chi connectivity index (χ1) is 11.3. The quantitative estimate of drug-likeness (QED) is 0.373. The first-order valence-corrected chi connectivity index (χ1v) is 8.10. The van der Waals surface area contributed by atoms with Gasteiger partial charge in [-0.15, -0.1) is 0 Å². The fourth-order valence-corrected chi connectivity index (χ4v) is 3.18. The van der Waals surface area contributed by atoms with Gasteiger partial charge in [0.15, 0.2) is 12.6 Å². The minimum atomic E-state index is -1.18. The molecule has 0 spiro atoms. The Bertz CT molecular complexity index is 391. The SMILES string of the molecule is COC1OC(CO)C(OC2OC(CO)C(O)C(C)C2O)C(O)[C@@H]1C. The summed E-state index contributed by atoms with van der Waals surface area (Å²) in [6, 6.07) is 0. The van der Waals surface area contributed by atoms with Crippen LogP contribution in [0.2, 0.25) is 0 Å². The molecule has 0 radical (unpaired) electrons. The second kappa shape index (κ2) is 8.35. The highest BCUT2D eigenvalue weighted by Gasteiger charge is 2.48. The van der Waals surface area contributed by atoms with E-state index in [0.717, 1.165) is 0 Å². The van der Waals surface area contributed by atoms with Crippen molar-refractivity contribution in [2.45, 2.75) is 63.1 Å². The van der Waals surface area contributed by atoms with Crippen molar-refractivity contribution in [3.05, 3.63) is 0 Å². The highest BCUT2D eigenvalue weighted by molar-refractivity contribution is 4.91. The lowest BCUT2D eigenvalue weighted by atomic mass is 9.90. The summed E-state index contributed by atoms with van der Waals surface area (Å²) in [5.41, 5.74) is 0. The molecule has 0 saturated carbocycles. The first kappa shape index (κ1) is 20.0. The molecule has 0 aromatic heterocycles. The van der Waals surface area contributed by atoms with Gasteiger partial charge in [-0.25, -0.2) is 0 Å². The number of aliphatic hydroxyl groups is 5. The van der Waals surface area contributed by atoms with E-state index >= 15 is 0 Å². The standard InChI is InChI=1S/C15H28O9/c1-6-10(18)8(4-16)22-15(12(6)20)24-13-9(5-17)23-14(21-3)7(2)11(13)19/h6-20H,4-5H2,1-3H3/t6?,7-,8?,9?,10?,11?,12?,13?,14?,15?/m0/s1. The van der Waals surface area contributed by atoms with Crippen LogP contribution in [0.15, 0.2) is 0 Å². The van der Waals surface area contributed by atoms with Gasteiger partial charge in [0.1, 0.15) is 24.4 Å². The second-order valence-corrected chi connectivity index (χ2v) is 6.48. The van der Waals surface area contributed by atoms with E-state index in [9.17, 15) is 25.5 Å². The number of ether oxygens (including phenoxy) is 4. The highest BCUT2D eigenvalue weighted by atomic mass is 16.7. The van der Waals surface area contributed by atoms with Crippen molar-refractivity contribution >= 4 is 0 Å². The van der Waals surface area contributed by atoms with E-state index in [1.807, 2.05) is 0 Å². The van der Waals surface area contributed by atoms with Crippen LogP contribution in [-0.2, 0) is 18.9 Å². The Morgan fingerprint density at radius 2 is 1.38 bits per heavy atom. The summed E-state index contributed by atoms with van der Waals surface area (Å²) < 4.78 is 21.8. The summed E-state index contributed by atoms with van der Waals surface area (Å²) in [7, 11) is 1.44. The monoisotopic (exact) mass is 352 g/mol. The smallest absolute Gasteiger partial charge is 0.184 e. The molecule has 0 aliphatic carbocycles. The molecule has 2 heterocycles. The molecule has 9 nitrogen and oxygen atoms in total. The van der Waals surface area contributed by atoms with E-state index in [0.29, 0.717) is 0 Å². The third-order valence-corrected chi connectivity index (χ3v) is 4.91. The first-order valence-electron chi connectivity index (χ1n) is 8.10. The Labute approximate surface area is 140 Å². The van der Waals surface area contributed by atoms with Gasteiger partial charge < -0.3 is 44.5 Å². The van der Waals surface area contributed by atoms with E-state index in [1.54, 1.807) is 13.8 Å². The van der Waals surface area contributed by atoms with Gasteiger partial charge in [0.2, 0.25) is 0 Å². The zero-order valence-corrected chi connectivity index (χ0v) is 14.1. The molecule has 10 atom stereocenters. The molecule has 2 saturated heterocycles. The van der Waals surface area contributed by atoms with E-state index in [-0.39, 0.29) is 0 Å². The summed E-state index contributed by atoms with van der Waals surface area (Å²) in [5.74, 6) is -1.03. The molecule has 0 amide bonds. The Kier molecular flexibility index (Phi) is 6.94. The molecule has 9 heteroatoms. The maximum absolute atomic E-state index is 10.5. The second-order valence-electron chi connectivity index (χ2n) is 6.48. The molecule has 0 aromatic rings. The molecule has 5 N–H and O–H groups in total. The molecular weight excluding hydrogens is 324 g/mol. The summed E-state index contributed by atoms with van der Waals surface area (Å²) in [6.45, 7) is 2.47. The van der Waals surface area contributed by atoms with Gasteiger partial charge in [-0.1, -0.05) is 13.8 Å². The summed E-state index contributed by atoms with van der Waals surface area (Å²) in [4.78, 5) is 0. The Balaban J connectivity index is 2.12. The summed E-state index contributed by atoms with van der Waals surface area (Å²) in [5, 5.41) is 49.5. The van der Waals surface area contributed by atoms with Gasteiger partial charge in [0.25, 0.3) is 0 Å². The van der Waals surface area contributed by atoms with Crippen LogP contribution in [-0.4, -0.2) is 95.1 Å². The van der Waals surface area contributed by atoms with Gasteiger partial charge in [0, 0.05) is 18.9 Å². The molecule has 9 unspecified atom stereocenters. The van der Waals surface area contributed by atoms with Gasteiger partial charge in [-0.2, -0.15) is 0 Å². The van der Waals surface area contributed by atoms with Gasteiger partial charge in [-0.3, -0.25) is 0 Å². The van der Waals surface area contributed by atoms with Crippen LogP contribution in [0.1, 0.15) is 13.8 Å². The van der Waals surface area contributed by atoms with Crippen molar-refractivity contribution in [2.75, 3.05) is 20.3 Å². The fraction of sp³-hybridized carbons (Fsp3) is 1.00. The third-order valence-electron chi connectivity index (χ3n) is 4.91. The number of methoxy groups -OCH3 is 1. The molecule has 2 aliphatic rings. The Morgan fingerprint density at radius 1 is 0.792 bits per heavy atom. The van der Waals surface area contributed by atoms with E-state index in [2.05, 4.69) is 0 Å². The summed E-state index contributed by atoms with van der Waals surface area (Å²) >= 11 is 0. The van der Waals surface area contributed by atoms with Crippen molar-refractivity contribution in [3.63, 3.8) is 0 Å². The number of hydrogen-bond donors (Lipinski definition) is 5. The minimum absolute atomic E-state index is 0.418. The highest BCUT2D eigenvalue weighted by Crippen LogP contribution is 2.33. The molecular formula is C15H28O9. The maximum atomic E-state index is 10.5. The van der Waals surface area contributed by atoms with E-state index in [4.69, 9.17) is 18.9 Å². The largest absolute Gasteiger partial charge is 0.394 e. The lowest BCUT2D eigenvalue weighted by Crippen LogP contribution is -2.61. The van der Waals surface area contributed by atoms with Crippen LogP contribution in [0, 0.1) is 11.8 Å². The lowest BCUT2D eigenvalue weighted by Gasteiger charge is -2.46. The topological polar surface area (TPSA) is 138 Å². The molecule has 142 valence electrons. The van der Waals surface area contributed by atoms with Crippen LogP contribution >= 0.6 is 0 Å². The fourth-order valence-electron chi connectivity index (χ4n) is 3.18. The molecule has 2 aliphatic heterocycles. The van der Waals surface area contributed by atoms with Gasteiger partial charge in [-0.05, 0) is 0 Å². The van der Waals surface area contributed by atoms with Crippen molar-refractivity contribution in [1.82, 2.24) is 0 Å². The van der Waals surface area contributed by atoms with Crippen molar-refractivity contribution in [1.29, 1.82) is 0 Å². The molecule has 2 fully saturated rings. The lowest BCUT2D eigenvalue weighted by molar-refractivity contribution is -0.346. The summed E-state index contributed by atoms with van der Waals surface area (Å²) in [6.07, 6.45) is -7.83. The van der Waals surface area contributed by atoms with Crippen LogP contribution in [0.5, 0.6) is 0 Å². The average Bonchev–Trinajstić information content (AvgIpc) is 2.59. The predicted octanol–water partition coefficient (Wildman–Crippen LogP) is -2.19. The molecule has 0 aromatic carbocycles. The van der Waals surface area contributed by atoms with Crippen molar-refractivity contribution < 1.29 is 44.5 Å². The number of rotatable bonds is 5. The van der Waals surface area contributed by atoms with Crippen LogP contribution in [0.4, 0.5) is 0 Å². The normalized spacial score (nSPS) is 50.0. The Hall–Kier alpha value is -0.360. The van der Waals surface area contributed by atoms with Crippen LogP contribution in [0.25, 0.3) is 0 Å². The van der Waals surface area contributed by atoms with Crippen molar-refractivity contribution in [2.24, 2.45) is 11.8 Å². The van der Waals surface area contributed by atoms with Gasteiger partial charge in [0.05, 0.1) is 25.4 Å². The number of aliphatic hydroxyl groups excluding tert-OH is 5.